The predicted molar refractivity (Wildman–Crippen MR) is 171 cm³/mol. The predicted octanol–water partition coefficient (Wildman–Crippen LogP) is 4.99. The SMILES string of the molecule is COC(=O)C1=C(C)NC(=O)N[C@@H]1c1ccc(OCC(=O)N/N=C\c2c(C)n(Cc3ccccc3Cl)c3ccccc23)c(OC)c1. The van der Waals surface area contributed by atoms with Crippen LogP contribution in [0.4, 0.5) is 4.79 Å². The highest BCUT2D eigenvalue weighted by atomic mass is 35.5. The summed E-state index contributed by atoms with van der Waals surface area (Å²) >= 11 is 6.43. The minimum absolute atomic E-state index is 0.257. The average Bonchev–Trinajstić information content (AvgIpc) is 3.30. The molecule has 12 heteroatoms. The first-order valence-electron chi connectivity index (χ1n) is 14.0. The molecule has 2 heterocycles. The fourth-order valence-electron chi connectivity index (χ4n) is 5.27. The van der Waals surface area contributed by atoms with Gasteiger partial charge in [-0.15, -0.1) is 0 Å². The number of esters is 1. The van der Waals surface area contributed by atoms with Gasteiger partial charge in [-0.1, -0.05) is 54.1 Å². The minimum atomic E-state index is -0.772. The number of aromatic nitrogens is 1. The van der Waals surface area contributed by atoms with Crippen LogP contribution in [-0.4, -0.2) is 49.5 Å². The fraction of sp³-hybridized carbons (Fsp3) is 0.212. The van der Waals surface area contributed by atoms with Crippen LogP contribution < -0.4 is 25.5 Å². The van der Waals surface area contributed by atoms with Gasteiger partial charge in [0.25, 0.3) is 5.91 Å². The van der Waals surface area contributed by atoms with Crippen LogP contribution in [0, 0.1) is 6.92 Å². The fourth-order valence-corrected chi connectivity index (χ4v) is 5.47. The van der Waals surface area contributed by atoms with Crippen LogP contribution in [-0.2, 0) is 20.9 Å². The van der Waals surface area contributed by atoms with Gasteiger partial charge in [0.05, 0.1) is 32.0 Å². The monoisotopic (exact) mass is 629 g/mol. The highest BCUT2D eigenvalue weighted by molar-refractivity contribution is 6.31. The quantitative estimate of drug-likeness (QED) is 0.129. The molecule has 3 N–H and O–H groups in total. The number of carbonyl (C=O) groups is 3. The number of rotatable bonds is 10. The van der Waals surface area contributed by atoms with Gasteiger partial charge < -0.3 is 29.4 Å². The molecule has 0 saturated heterocycles. The van der Waals surface area contributed by atoms with Crippen LogP contribution in [0.2, 0.25) is 5.02 Å². The van der Waals surface area contributed by atoms with Crippen molar-refractivity contribution in [2.75, 3.05) is 20.8 Å². The second-order valence-corrected chi connectivity index (χ2v) is 10.7. The van der Waals surface area contributed by atoms with Gasteiger partial charge in [0, 0.05) is 39.4 Å². The zero-order chi connectivity index (χ0) is 32.1. The normalized spacial score (nSPS) is 14.7. The lowest BCUT2D eigenvalue weighted by Gasteiger charge is -2.28. The van der Waals surface area contributed by atoms with Crippen molar-refractivity contribution >= 4 is 46.6 Å². The molecule has 1 aliphatic heterocycles. The standard InChI is InChI=1S/C33H32ClN5O6/c1-19-30(32(41)44-4)31(37-33(42)36-19)21-13-14-27(28(15-21)43-3)45-18-29(40)38-35-16-24-20(2)39(26-12-8-6-10-23(24)26)17-22-9-5-7-11-25(22)34/h5-16,31H,17-18H2,1-4H3,(H,38,40)(H2,36,37,42)/b35-16-/t31-/m1/s1. The van der Waals surface area contributed by atoms with Crippen LogP contribution in [0.1, 0.15) is 35.3 Å². The molecule has 1 aliphatic rings. The van der Waals surface area contributed by atoms with Crippen molar-refractivity contribution in [3.63, 3.8) is 0 Å². The number of carbonyl (C=O) groups excluding carboxylic acids is 3. The van der Waals surface area contributed by atoms with Gasteiger partial charge in [-0.25, -0.2) is 15.0 Å². The van der Waals surface area contributed by atoms with Crippen molar-refractivity contribution in [1.29, 1.82) is 0 Å². The Morgan fingerprint density at radius 2 is 1.80 bits per heavy atom. The van der Waals surface area contributed by atoms with Crippen molar-refractivity contribution in [2.45, 2.75) is 26.4 Å². The average molecular weight is 630 g/mol. The number of nitrogens with zero attached hydrogens (tertiary/aromatic N) is 2. The third-order valence-electron chi connectivity index (χ3n) is 7.50. The van der Waals surface area contributed by atoms with E-state index in [1.54, 1.807) is 31.3 Å². The van der Waals surface area contributed by atoms with E-state index in [1.165, 1.54) is 14.2 Å². The summed E-state index contributed by atoms with van der Waals surface area (Å²) < 4.78 is 18.3. The molecular weight excluding hydrogens is 598 g/mol. The molecule has 0 aliphatic carbocycles. The van der Waals surface area contributed by atoms with E-state index in [4.69, 9.17) is 25.8 Å². The molecule has 0 bridgehead atoms. The van der Waals surface area contributed by atoms with Crippen LogP contribution in [0.5, 0.6) is 11.5 Å². The molecule has 0 unspecified atom stereocenters. The van der Waals surface area contributed by atoms with E-state index in [0.29, 0.717) is 34.3 Å². The van der Waals surface area contributed by atoms with Gasteiger partial charge >= 0.3 is 12.0 Å². The van der Waals surface area contributed by atoms with Gasteiger partial charge in [0.15, 0.2) is 18.1 Å². The third-order valence-corrected chi connectivity index (χ3v) is 7.87. The number of methoxy groups -OCH3 is 2. The Labute approximate surface area is 264 Å². The number of nitrogens with one attached hydrogen (secondary N) is 3. The molecule has 232 valence electrons. The summed E-state index contributed by atoms with van der Waals surface area (Å²) in [7, 11) is 2.72. The zero-order valence-corrected chi connectivity index (χ0v) is 25.9. The van der Waals surface area contributed by atoms with Gasteiger partial charge in [-0.3, -0.25) is 4.79 Å². The summed E-state index contributed by atoms with van der Waals surface area (Å²) in [5, 5.41) is 11.2. The highest BCUT2D eigenvalue weighted by Crippen LogP contribution is 2.34. The summed E-state index contributed by atoms with van der Waals surface area (Å²) in [5.74, 6) is -0.464. The lowest BCUT2D eigenvalue weighted by molar-refractivity contribution is -0.136. The van der Waals surface area contributed by atoms with Crippen molar-refractivity contribution in [1.82, 2.24) is 20.6 Å². The molecule has 1 aromatic heterocycles. The number of benzene rings is 3. The Hall–Kier alpha value is -5.29. The van der Waals surface area contributed by atoms with Crippen molar-refractivity contribution in [3.05, 3.63) is 105 Å². The van der Waals surface area contributed by atoms with Gasteiger partial charge in [0.1, 0.15) is 0 Å². The summed E-state index contributed by atoms with van der Waals surface area (Å²) in [4.78, 5) is 37.2. The molecule has 1 atom stereocenters. The summed E-state index contributed by atoms with van der Waals surface area (Å²) in [6.07, 6.45) is 1.62. The summed E-state index contributed by atoms with van der Waals surface area (Å²) in [5.41, 5.74) is 7.58. The van der Waals surface area contributed by atoms with Crippen LogP contribution in [0.25, 0.3) is 10.9 Å². The van der Waals surface area contributed by atoms with Crippen molar-refractivity contribution < 1.29 is 28.6 Å². The molecule has 0 radical (unpaired) electrons. The number of hydrazone groups is 1. The second kappa shape index (κ2) is 13.6. The third kappa shape index (κ3) is 6.63. The van der Waals surface area contributed by atoms with Crippen LogP contribution >= 0.6 is 11.6 Å². The molecule has 0 fully saturated rings. The smallest absolute Gasteiger partial charge is 0.337 e. The molecule has 3 aromatic carbocycles. The van der Waals surface area contributed by atoms with Gasteiger partial charge in [-0.2, -0.15) is 5.10 Å². The maximum Gasteiger partial charge on any atom is 0.337 e. The largest absolute Gasteiger partial charge is 0.493 e. The molecule has 0 saturated carbocycles. The van der Waals surface area contributed by atoms with Crippen LogP contribution in [0.3, 0.4) is 0 Å². The molecule has 11 nitrogen and oxygen atoms in total. The maximum absolute atomic E-state index is 12.7. The number of ether oxygens (including phenoxy) is 3. The molecule has 45 heavy (non-hydrogen) atoms. The minimum Gasteiger partial charge on any atom is -0.493 e. The highest BCUT2D eigenvalue weighted by Gasteiger charge is 2.32. The van der Waals surface area contributed by atoms with E-state index in [1.807, 2.05) is 55.5 Å². The number of urea groups is 1. The summed E-state index contributed by atoms with van der Waals surface area (Å²) in [6, 6.07) is 19.4. The molecule has 0 spiro atoms. The Bertz CT molecular complexity index is 1850. The van der Waals surface area contributed by atoms with Crippen molar-refractivity contribution in [3.8, 4) is 11.5 Å². The number of para-hydroxylation sites is 1. The van der Waals surface area contributed by atoms with Crippen LogP contribution in [0.15, 0.2) is 83.1 Å². The van der Waals surface area contributed by atoms with E-state index in [-0.39, 0.29) is 12.2 Å². The van der Waals surface area contributed by atoms with E-state index in [0.717, 1.165) is 27.7 Å². The van der Waals surface area contributed by atoms with E-state index < -0.39 is 23.9 Å². The molecule has 4 aromatic rings. The Balaban J connectivity index is 1.27. The first-order valence-corrected chi connectivity index (χ1v) is 14.4. The number of halogens is 1. The van der Waals surface area contributed by atoms with Crippen molar-refractivity contribution in [2.24, 2.45) is 5.10 Å². The zero-order valence-electron chi connectivity index (χ0n) is 25.1. The number of hydrogen-bond acceptors (Lipinski definition) is 7. The second-order valence-electron chi connectivity index (χ2n) is 10.2. The Morgan fingerprint density at radius 1 is 1.04 bits per heavy atom. The van der Waals surface area contributed by atoms with E-state index >= 15 is 0 Å². The maximum atomic E-state index is 12.7. The Morgan fingerprint density at radius 3 is 2.56 bits per heavy atom. The lowest BCUT2D eigenvalue weighted by atomic mass is 9.95. The van der Waals surface area contributed by atoms with E-state index in [2.05, 4.69) is 25.7 Å². The number of fused-ring (bicyclic) bond motifs is 1. The molecule has 3 amide bonds. The lowest BCUT2D eigenvalue weighted by Crippen LogP contribution is -2.45. The first kappa shape index (κ1) is 31.1. The van der Waals surface area contributed by atoms with E-state index in [9.17, 15) is 14.4 Å². The molecular formula is C33H32ClN5O6. The Kier molecular flexibility index (Phi) is 9.39. The van der Waals surface area contributed by atoms with Gasteiger partial charge in [-0.05, 0) is 49.2 Å². The topological polar surface area (TPSA) is 132 Å². The summed E-state index contributed by atoms with van der Waals surface area (Å²) in [6.45, 7) is 3.87. The molecule has 5 rings (SSSR count). The van der Waals surface area contributed by atoms with Gasteiger partial charge in [0.2, 0.25) is 0 Å². The first-order chi connectivity index (χ1) is 21.7. The number of hydrogen-bond donors (Lipinski definition) is 3. The number of amides is 3. The number of allylic oxidation sites excluding steroid dienone is 1.